The van der Waals surface area contributed by atoms with Gasteiger partial charge < -0.3 is 14.2 Å². The summed E-state index contributed by atoms with van der Waals surface area (Å²) in [4.78, 5) is 20.5. The highest BCUT2D eigenvalue weighted by Gasteiger charge is 2.25. The van der Waals surface area contributed by atoms with Crippen LogP contribution in [0, 0.1) is 0 Å². The van der Waals surface area contributed by atoms with E-state index in [-0.39, 0.29) is 5.91 Å². The van der Waals surface area contributed by atoms with Gasteiger partial charge in [-0.15, -0.1) is 11.3 Å². The molecule has 1 heterocycles. The van der Waals surface area contributed by atoms with Crippen LogP contribution in [0.3, 0.4) is 0 Å². The molecular formula is C31H40N2O4S. The van der Waals surface area contributed by atoms with E-state index in [1.807, 2.05) is 26.2 Å². The first-order chi connectivity index (χ1) is 18.6. The maximum Gasteiger partial charge on any atom is 0.260 e. The van der Waals surface area contributed by atoms with Gasteiger partial charge in [0, 0.05) is 23.1 Å². The fraction of sp³-hybridized carbons (Fsp3) is 0.484. The van der Waals surface area contributed by atoms with Crippen molar-refractivity contribution in [2.24, 2.45) is 0 Å². The van der Waals surface area contributed by atoms with E-state index in [1.165, 1.54) is 49.0 Å². The molecule has 38 heavy (non-hydrogen) atoms. The molecule has 1 amide bonds. The van der Waals surface area contributed by atoms with E-state index in [2.05, 4.69) is 31.2 Å². The second-order valence-electron chi connectivity index (χ2n) is 9.53. The Balaban J connectivity index is 1.60. The molecule has 0 spiro atoms. The van der Waals surface area contributed by atoms with Crippen LogP contribution in [0.25, 0.3) is 11.3 Å². The molecule has 1 fully saturated rings. The van der Waals surface area contributed by atoms with E-state index in [1.54, 1.807) is 17.0 Å². The van der Waals surface area contributed by atoms with Crippen LogP contribution in [0.5, 0.6) is 17.2 Å². The van der Waals surface area contributed by atoms with Gasteiger partial charge in [0.1, 0.15) is 0 Å². The van der Waals surface area contributed by atoms with Gasteiger partial charge in [-0.1, -0.05) is 50.5 Å². The molecule has 0 N–H and O–H groups in total. The average molecular weight is 537 g/mol. The van der Waals surface area contributed by atoms with Gasteiger partial charge in [-0.25, -0.2) is 4.98 Å². The fourth-order valence-electron chi connectivity index (χ4n) is 5.06. The Kier molecular flexibility index (Phi) is 10.0. The highest BCUT2D eigenvalue weighted by atomic mass is 32.1. The molecule has 0 aliphatic heterocycles. The van der Waals surface area contributed by atoms with Crippen LogP contribution in [0.4, 0.5) is 5.13 Å². The molecule has 0 saturated heterocycles. The molecule has 0 unspecified atom stereocenters. The second kappa shape index (κ2) is 13.7. The first-order valence-corrected chi connectivity index (χ1v) is 14.9. The number of ether oxygens (including phenoxy) is 3. The van der Waals surface area contributed by atoms with E-state index in [0.29, 0.717) is 60.2 Å². The highest BCUT2D eigenvalue weighted by molar-refractivity contribution is 7.14. The summed E-state index contributed by atoms with van der Waals surface area (Å²) in [6.07, 6.45) is 7.40. The van der Waals surface area contributed by atoms with Crippen LogP contribution in [0.15, 0.2) is 41.8 Å². The van der Waals surface area contributed by atoms with E-state index < -0.39 is 0 Å². The van der Waals surface area contributed by atoms with Crippen molar-refractivity contribution < 1.29 is 19.0 Å². The van der Waals surface area contributed by atoms with E-state index in [4.69, 9.17) is 19.2 Å². The molecule has 1 saturated carbocycles. The van der Waals surface area contributed by atoms with Crippen molar-refractivity contribution >= 4 is 22.4 Å². The minimum absolute atomic E-state index is 0.134. The number of rotatable bonds is 12. The third-order valence-electron chi connectivity index (χ3n) is 6.85. The number of thiazole rings is 1. The molecule has 4 rings (SSSR count). The molecular weight excluding hydrogens is 496 g/mol. The van der Waals surface area contributed by atoms with Gasteiger partial charge in [-0.2, -0.15) is 0 Å². The quantitative estimate of drug-likeness (QED) is 0.234. The van der Waals surface area contributed by atoms with Crippen molar-refractivity contribution in [2.75, 3.05) is 31.3 Å². The Morgan fingerprint density at radius 3 is 2.13 bits per heavy atom. The number of hydrogen-bond acceptors (Lipinski definition) is 6. The molecule has 0 radical (unpaired) electrons. The first kappa shape index (κ1) is 28.0. The van der Waals surface area contributed by atoms with Crippen molar-refractivity contribution in [2.45, 2.75) is 72.1 Å². The van der Waals surface area contributed by atoms with Crippen molar-refractivity contribution in [1.82, 2.24) is 4.98 Å². The Labute approximate surface area is 231 Å². The highest BCUT2D eigenvalue weighted by Crippen LogP contribution is 2.40. The van der Waals surface area contributed by atoms with Gasteiger partial charge in [-0.05, 0) is 63.6 Å². The molecule has 1 aromatic heterocycles. The molecule has 204 valence electrons. The molecule has 1 aliphatic rings. The van der Waals surface area contributed by atoms with E-state index in [0.717, 1.165) is 17.7 Å². The van der Waals surface area contributed by atoms with Crippen molar-refractivity contribution in [3.05, 3.63) is 52.9 Å². The molecule has 3 aromatic rings. The average Bonchev–Trinajstić information content (AvgIpc) is 3.44. The van der Waals surface area contributed by atoms with Crippen LogP contribution in [0.1, 0.15) is 88.1 Å². The lowest BCUT2D eigenvalue weighted by Crippen LogP contribution is -2.31. The van der Waals surface area contributed by atoms with Crippen LogP contribution in [-0.2, 0) is 0 Å². The van der Waals surface area contributed by atoms with Gasteiger partial charge in [0.05, 0.1) is 25.5 Å². The standard InChI is InChI=1S/C31H40N2O4S/c1-5-18-33(30(34)25-19-27(35-6-2)29(37-8-4)28(20-25)36-7-3)31-32-26(21-38-31)24-16-14-23(15-17-24)22-12-10-9-11-13-22/h14-17,19-22H,5-13,18H2,1-4H3. The number of nitrogens with zero attached hydrogens (tertiary/aromatic N) is 2. The Bertz CT molecular complexity index is 1160. The minimum atomic E-state index is -0.134. The number of amides is 1. The summed E-state index contributed by atoms with van der Waals surface area (Å²) in [5.41, 5.74) is 3.89. The number of benzene rings is 2. The summed E-state index contributed by atoms with van der Waals surface area (Å²) in [5.74, 6) is 2.10. The maximum absolute atomic E-state index is 13.8. The van der Waals surface area contributed by atoms with Gasteiger partial charge in [0.2, 0.25) is 5.75 Å². The SMILES string of the molecule is CCCN(C(=O)c1cc(OCC)c(OCC)c(OCC)c1)c1nc(-c2ccc(C3CCCCC3)cc2)cs1. The summed E-state index contributed by atoms with van der Waals surface area (Å²) in [5, 5.41) is 2.73. The zero-order valence-corrected chi connectivity index (χ0v) is 23.9. The lowest BCUT2D eigenvalue weighted by atomic mass is 9.84. The topological polar surface area (TPSA) is 60.9 Å². The zero-order chi connectivity index (χ0) is 26.9. The van der Waals surface area contributed by atoms with E-state index >= 15 is 0 Å². The lowest BCUT2D eigenvalue weighted by Gasteiger charge is -2.22. The monoisotopic (exact) mass is 536 g/mol. The predicted molar refractivity (Wildman–Crippen MR) is 155 cm³/mol. The fourth-order valence-corrected chi connectivity index (χ4v) is 5.92. The van der Waals surface area contributed by atoms with Gasteiger partial charge in [0.25, 0.3) is 5.91 Å². The summed E-state index contributed by atoms with van der Waals surface area (Å²) in [7, 11) is 0. The molecule has 0 bridgehead atoms. The Morgan fingerprint density at radius 1 is 0.921 bits per heavy atom. The van der Waals surface area contributed by atoms with Gasteiger partial charge in [0.15, 0.2) is 16.6 Å². The van der Waals surface area contributed by atoms with Gasteiger partial charge in [-0.3, -0.25) is 9.69 Å². The largest absolute Gasteiger partial charge is 0.490 e. The maximum atomic E-state index is 13.8. The third-order valence-corrected chi connectivity index (χ3v) is 7.72. The summed E-state index contributed by atoms with van der Waals surface area (Å²) >= 11 is 1.49. The normalized spacial score (nSPS) is 13.8. The molecule has 2 aromatic carbocycles. The Morgan fingerprint density at radius 2 is 1.55 bits per heavy atom. The third kappa shape index (κ3) is 6.49. The number of carbonyl (C=O) groups is 1. The number of anilines is 1. The summed E-state index contributed by atoms with van der Waals surface area (Å²) in [6.45, 7) is 9.74. The number of hydrogen-bond donors (Lipinski definition) is 0. The van der Waals surface area contributed by atoms with Crippen LogP contribution >= 0.6 is 11.3 Å². The predicted octanol–water partition coefficient (Wildman–Crippen LogP) is 8.11. The summed E-state index contributed by atoms with van der Waals surface area (Å²) in [6, 6.07) is 12.3. The Hall–Kier alpha value is -3.06. The zero-order valence-electron chi connectivity index (χ0n) is 23.1. The van der Waals surface area contributed by atoms with Crippen LogP contribution in [0.2, 0.25) is 0 Å². The minimum Gasteiger partial charge on any atom is -0.490 e. The van der Waals surface area contributed by atoms with Gasteiger partial charge >= 0.3 is 0 Å². The smallest absolute Gasteiger partial charge is 0.260 e. The number of carbonyl (C=O) groups excluding carboxylic acids is 1. The second-order valence-corrected chi connectivity index (χ2v) is 10.4. The van der Waals surface area contributed by atoms with Crippen molar-refractivity contribution in [1.29, 1.82) is 0 Å². The number of aromatic nitrogens is 1. The molecule has 1 aliphatic carbocycles. The first-order valence-electron chi connectivity index (χ1n) is 14.0. The lowest BCUT2D eigenvalue weighted by molar-refractivity contribution is 0.0985. The summed E-state index contributed by atoms with van der Waals surface area (Å²) < 4.78 is 17.5. The van der Waals surface area contributed by atoms with Crippen molar-refractivity contribution in [3.63, 3.8) is 0 Å². The van der Waals surface area contributed by atoms with Crippen LogP contribution in [-0.4, -0.2) is 37.3 Å². The molecule has 6 nitrogen and oxygen atoms in total. The van der Waals surface area contributed by atoms with E-state index in [9.17, 15) is 4.79 Å². The van der Waals surface area contributed by atoms with Crippen LogP contribution < -0.4 is 19.1 Å². The molecule has 0 atom stereocenters. The molecule has 7 heteroatoms. The van der Waals surface area contributed by atoms with Crippen molar-refractivity contribution in [3.8, 4) is 28.5 Å².